The molecule has 37 valence electrons. The molecule has 0 aromatic heterocycles. The van der Waals surface area contributed by atoms with Gasteiger partial charge in [0.2, 0.25) is 0 Å². The molecule has 4 heteroatoms. The fraction of sp³-hybridized carbons (Fsp3) is 0.500. The highest BCUT2D eigenvalue weighted by Crippen LogP contribution is 1.42. The molecule has 0 heterocycles. The Kier molecular flexibility index (Phi) is 26.8. The molecule has 0 aliphatic rings. The van der Waals surface area contributed by atoms with E-state index in [0.29, 0.717) is 0 Å². The molecule has 0 saturated heterocycles. The lowest BCUT2D eigenvalue weighted by molar-refractivity contribution is -0.134. The zero-order valence-electron chi connectivity index (χ0n) is 3.51. The number of carboxylic acids is 1. The maximum absolute atomic E-state index is 9.00. The molecule has 0 bridgehead atoms. The molecule has 6 heavy (non-hydrogen) atoms. The number of hydrogen-bond donors (Lipinski definition) is 2. The maximum atomic E-state index is 9.00. The van der Waals surface area contributed by atoms with E-state index in [1.807, 2.05) is 0 Å². The molecule has 0 atom stereocenters. The lowest BCUT2D eigenvalue weighted by atomic mass is 10.9. The number of carboxylic acid groups (broad SMARTS) is 1. The largest absolute Gasteiger partial charge is 0.481 e. The van der Waals surface area contributed by atoms with Crippen LogP contribution in [-0.2, 0) is 4.79 Å². The Morgan fingerprint density at radius 2 is 1.67 bits per heavy atom. The fourth-order valence-electron chi connectivity index (χ4n) is 0. The van der Waals surface area contributed by atoms with E-state index in [2.05, 4.69) is 0 Å². The predicted octanol–water partition coefficient (Wildman–Crippen LogP) is -0.228. The van der Waals surface area contributed by atoms with Crippen LogP contribution in [0.1, 0.15) is 6.92 Å². The van der Waals surface area contributed by atoms with E-state index >= 15 is 0 Å². The van der Waals surface area contributed by atoms with Gasteiger partial charge in [0.15, 0.2) is 0 Å². The topological polar surface area (TPSA) is 103 Å². The van der Waals surface area contributed by atoms with Gasteiger partial charge in [0.05, 0.1) is 0 Å². The Morgan fingerprint density at radius 1 is 1.67 bits per heavy atom. The summed E-state index contributed by atoms with van der Waals surface area (Å²) in [5.74, 6) is -0.833. The summed E-state index contributed by atoms with van der Waals surface area (Å²) in [6.45, 7) is 1.08. The Bertz CT molecular complexity index is 32.5. The van der Waals surface area contributed by atoms with Gasteiger partial charge in [-0.1, -0.05) is 0 Å². The minimum atomic E-state index is -0.833. The van der Waals surface area contributed by atoms with Crippen molar-refractivity contribution in [3.8, 4) is 0 Å². The van der Waals surface area contributed by atoms with E-state index in [9.17, 15) is 0 Å². The summed E-state index contributed by atoms with van der Waals surface area (Å²) < 4.78 is 0. The standard InChI is InChI=1S/C2H4O2.H3N.N/c1-2(3)4;;/h1H3,(H,3,4);1H3;. The van der Waals surface area contributed by atoms with Crippen molar-refractivity contribution in [2.45, 2.75) is 6.92 Å². The van der Waals surface area contributed by atoms with Crippen molar-refractivity contribution in [3.63, 3.8) is 0 Å². The second kappa shape index (κ2) is 8.83. The van der Waals surface area contributed by atoms with Crippen LogP contribution in [0.15, 0.2) is 0 Å². The lowest BCUT2D eigenvalue weighted by Gasteiger charge is -1.59. The zero-order chi connectivity index (χ0) is 3.58. The monoisotopic (exact) mass is 91.1 g/mol. The molecule has 0 unspecified atom stereocenters. The van der Waals surface area contributed by atoms with Crippen molar-refractivity contribution < 1.29 is 9.90 Å². The third-order valence-corrected chi connectivity index (χ3v) is 0. The van der Waals surface area contributed by atoms with Crippen LogP contribution in [0.5, 0.6) is 0 Å². The molecule has 0 aromatic carbocycles. The van der Waals surface area contributed by atoms with Crippen LogP contribution in [0.3, 0.4) is 0 Å². The zero-order valence-corrected chi connectivity index (χ0v) is 3.51. The number of aliphatic carboxylic acids is 1. The Balaban J connectivity index is -0.0000000450. The first-order chi connectivity index (χ1) is 1.73. The lowest BCUT2D eigenvalue weighted by Crippen LogP contribution is -1.78. The molecular weight excluding hydrogens is 84.0 g/mol. The van der Waals surface area contributed by atoms with Gasteiger partial charge >= 0.3 is 0 Å². The van der Waals surface area contributed by atoms with E-state index in [1.54, 1.807) is 0 Å². The van der Waals surface area contributed by atoms with Gasteiger partial charge in [-0.3, -0.25) is 4.79 Å². The first kappa shape index (κ1) is 18.2. The van der Waals surface area contributed by atoms with E-state index < -0.39 is 5.97 Å². The maximum Gasteiger partial charge on any atom is 0.300 e. The second-order valence-electron chi connectivity index (χ2n) is 0.519. The Morgan fingerprint density at radius 3 is 1.67 bits per heavy atom. The molecule has 0 aliphatic carbocycles. The van der Waals surface area contributed by atoms with Crippen LogP contribution in [0.4, 0.5) is 0 Å². The minimum absolute atomic E-state index is 0. The summed E-state index contributed by atoms with van der Waals surface area (Å²) in [6.07, 6.45) is 0. The number of rotatable bonds is 0. The quantitative estimate of drug-likeness (QED) is 0.430. The Labute approximate surface area is 36.3 Å². The second-order valence-corrected chi connectivity index (χ2v) is 0.519. The number of nitrogens with zero attached hydrogens (tertiary/aromatic N) is 1. The normalized spacial score (nSPS) is 4.17. The van der Waals surface area contributed by atoms with Crippen LogP contribution in [0, 0.1) is 0 Å². The third kappa shape index (κ3) is 52.0. The highest BCUT2D eigenvalue weighted by atomic mass is 16.4. The van der Waals surface area contributed by atoms with E-state index in [0.717, 1.165) is 6.92 Å². The van der Waals surface area contributed by atoms with E-state index in [1.165, 1.54) is 0 Å². The van der Waals surface area contributed by atoms with Gasteiger partial charge < -0.3 is 11.3 Å². The van der Waals surface area contributed by atoms with E-state index in [4.69, 9.17) is 9.90 Å². The SMILES string of the molecule is CC(=O)O.N.[N]. The predicted molar refractivity (Wildman–Crippen MR) is 20.5 cm³/mol. The first-order valence-electron chi connectivity index (χ1n) is 0.928. The number of hydrogen-bond acceptors (Lipinski definition) is 2. The smallest absolute Gasteiger partial charge is 0.300 e. The van der Waals surface area contributed by atoms with E-state index in [-0.39, 0.29) is 12.3 Å². The average molecular weight is 91.1 g/mol. The van der Waals surface area contributed by atoms with Crippen LogP contribution in [-0.4, -0.2) is 11.1 Å². The molecule has 0 rings (SSSR count). The molecule has 0 fully saturated rings. The fourth-order valence-corrected chi connectivity index (χ4v) is 0. The molecule has 0 spiro atoms. The summed E-state index contributed by atoms with van der Waals surface area (Å²) in [7, 11) is 0. The number of carbonyl (C=O) groups is 1. The van der Waals surface area contributed by atoms with Crippen LogP contribution in [0.2, 0.25) is 0 Å². The molecule has 0 aromatic rings. The van der Waals surface area contributed by atoms with Gasteiger partial charge in [0.25, 0.3) is 5.97 Å². The molecule has 4 nitrogen and oxygen atoms in total. The van der Waals surface area contributed by atoms with Crippen molar-refractivity contribution >= 4 is 5.97 Å². The third-order valence-electron chi connectivity index (χ3n) is 0. The Hall–Kier alpha value is -0.610. The van der Waals surface area contributed by atoms with Crippen molar-refractivity contribution in [3.05, 3.63) is 0 Å². The molecule has 0 saturated carbocycles. The van der Waals surface area contributed by atoms with Crippen LogP contribution in [0.25, 0.3) is 0 Å². The van der Waals surface area contributed by atoms with Gasteiger partial charge in [-0.25, -0.2) is 0 Å². The molecule has 4 N–H and O–H groups in total. The first-order valence-corrected chi connectivity index (χ1v) is 0.928. The summed E-state index contributed by atoms with van der Waals surface area (Å²) in [5.41, 5.74) is 0. The van der Waals surface area contributed by atoms with Gasteiger partial charge in [-0.2, -0.15) is 0 Å². The average Bonchev–Trinajstić information content (AvgIpc) is 0.811. The molecule has 3 radical (unpaired) electrons. The van der Waals surface area contributed by atoms with Crippen molar-refractivity contribution in [2.24, 2.45) is 0 Å². The van der Waals surface area contributed by atoms with Crippen LogP contribution >= 0.6 is 0 Å². The van der Waals surface area contributed by atoms with Crippen molar-refractivity contribution in [2.75, 3.05) is 0 Å². The van der Waals surface area contributed by atoms with Gasteiger partial charge in [-0.05, 0) is 0 Å². The van der Waals surface area contributed by atoms with Gasteiger partial charge in [0.1, 0.15) is 0 Å². The van der Waals surface area contributed by atoms with Crippen molar-refractivity contribution in [1.82, 2.24) is 12.3 Å². The molecule has 0 amide bonds. The molecular formula is C2H7N2O2. The minimum Gasteiger partial charge on any atom is -0.481 e. The van der Waals surface area contributed by atoms with Crippen molar-refractivity contribution in [1.29, 1.82) is 0 Å². The van der Waals surface area contributed by atoms with Gasteiger partial charge in [0, 0.05) is 13.1 Å². The summed E-state index contributed by atoms with van der Waals surface area (Å²) in [5, 5.41) is 7.42. The highest BCUT2D eigenvalue weighted by Gasteiger charge is 1.65. The van der Waals surface area contributed by atoms with Gasteiger partial charge in [-0.15, -0.1) is 0 Å². The van der Waals surface area contributed by atoms with Crippen LogP contribution < -0.4 is 12.3 Å². The summed E-state index contributed by atoms with van der Waals surface area (Å²) >= 11 is 0. The summed E-state index contributed by atoms with van der Waals surface area (Å²) in [4.78, 5) is 9.00. The highest BCUT2D eigenvalue weighted by molar-refractivity contribution is 5.62. The summed E-state index contributed by atoms with van der Waals surface area (Å²) in [6, 6.07) is 0. The molecule has 0 aliphatic heterocycles.